The first kappa shape index (κ1) is 20.4. The van der Waals surface area contributed by atoms with E-state index in [-0.39, 0.29) is 25.3 Å². The predicted molar refractivity (Wildman–Crippen MR) is 98.0 cm³/mol. The van der Waals surface area contributed by atoms with Crippen LogP contribution in [0.15, 0.2) is 54.6 Å². The Kier molecular flexibility index (Phi) is 7.79. The molecular weight excluding hydrogens is 350 g/mol. The molecule has 0 aliphatic carbocycles. The molecule has 0 heterocycles. The van der Waals surface area contributed by atoms with Crippen molar-refractivity contribution in [1.29, 1.82) is 0 Å². The fraction of sp³-hybridized carbons (Fsp3) is 0.300. The summed E-state index contributed by atoms with van der Waals surface area (Å²) in [6.07, 6.45) is -3.26. The zero-order chi connectivity index (χ0) is 19.6. The van der Waals surface area contributed by atoms with Crippen molar-refractivity contribution < 1.29 is 29.3 Å². The topological polar surface area (TPSA) is 105 Å². The van der Waals surface area contributed by atoms with Crippen molar-refractivity contribution in [2.75, 3.05) is 13.2 Å². The Balaban J connectivity index is 1.84. The van der Waals surface area contributed by atoms with Crippen LogP contribution in [0.25, 0.3) is 0 Å². The van der Waals surface area contributed by atoms with Gasteiger partial charge in [0, 0.05) is 6.54 Å². The van der Waals surface area contributed by atoms with Gasteiger partial charge < -0.3 is 25.0 Å². The van der Waals surface area contributed by atoms with Gasteiger partial charge in [-0.1, -0.05) is 42.5 Å². The number of amides is 1. The molecule has 3 N–H and O–H groups in total. The van der Waals surface area contributed by atoms with Gasteiger partial charge in [-0.25, -0.2) is 9.59 Å². The molecule has 27 heavy (non-hydrogen) atoms. The molecule has 0 saturated heterocycles. The maximum atomic E-state index is 11.8. The van der Waals surface area contributed by atoms with E-state index in [0.717, 1.165) is 5.56 Å². The molecule has 0 fully saturated rings. The number of hydrogen-bond acceptors (Lipinski definition) is 6. The fourth-order valence-corrected chi connectivity index (χ4v) is 2.36. The molecule has 2 unspecified atom stereocenters. The number of esters is 1. The van der Waals surface area contributed by atoms with Crippen molar-refractivity contribution in [3.05, 3.63) is 71.3 Å². The number of ether oxygens (including phenoxy) is 2. The minimum absolute atomic E-state index is 0.104. The van der Waals surface area contributed by atoms with Gasteiger partial charge in [0.1, 0.15) is 18.8 Å². The second-order valence-electron chi connectivity index (χ2n) is 5.80. The van der Waals surface area contributed by atoms with Gasteiger partial charge in [0.15, 0.2) is 0 Å². The van der Waals surface area contributed by atoms with Crippen molar-refractivity contribution >= 4 is 12.1 Å². The van der Waals surface area contributed by atoms with Crippen LogP contribution < -0.4 is 5.32 Å². The van der Waals surface area contributed by atoms with E-state index < -0.39 is 24.3 Å². The lowest BCUT2D eigenvalue weighted by molar-refractivity contribution is 0.0183. The summed E-state index contributed by atoms with van der Waals surface area (Å²) >= 11 is 0. The first-order valence-electron chi connectivity index (χ1n) is 8.59. The average molecular weight is 373 g/mol. The van der Waals surface area contributed by atoms with Gasteiger partial charge in [-0.3, -0.25) is 0 Å². The highest BCUT2D eigenvalue weighted by Gasteiger charge is 2.20. The van der Waals surface area contributed by atoms with Crippen molar-refractivity contribution in [1.82, 2.24) is 5.32 Å². The standard InChI is InChI=1S/C20H23NO6/c1-2-26-19(24)16-10-6-9-15(11-16)18(23)17(22)12-21-20(25)27-13-14-7-4-3-5-8-14/h3-11,17-18,22-23H,2,12-13H2,1H3,(H,21,25). The minimum atomic E-state index is -1.28. The number of aliphatic hydroxyl groups is 2. The second-order valence-corrected chi connectivity index (χ2v) is 5.80. The second kappa shape index (κ2) is 10.3. The molecule has 2 rings (SSSR count). The summed E-state index contributed by atoms with van der Waals surface area (Å²) in [5.41, 5.74) is 1.45. The van der Waals surface area contributed by atoms with E-state index in [1.54, 1.807) is 25.1 Å². The summed E-state index contributed by atoms with van der Waals surface area (Å²) in [6, 6.07) is 15.3. The Bertz CT molecular complexity index is 749. The number of carbonyl (C=O) groups excluding carboxylic acids is 2. The van der Waals surface area contributed by atoms with E-state index in [4.69, 9.17) is 9.47 Å². The van der Waals surface area contributed by atoms with E-state index in [0.29, 0.717) is 5.56 Å². The predicted octanol–water partition coefficient (Wildman–Crippen LogP) is 2.18. The van der Waals surface area contributed by atoms with Crippen LogP contribution in [0.1, 0.15) is 34.5 Å². The maximum absolute atomic E-state index is 11.8. The lowest BCUT2D eigenvalue weighted by Crippen LogP contribution is -2.35. The molecule has 2 aromatic carbocycles. The lowest BCUT2D eigenvalue weighted by Gasteiger charge is -2.19. The van der Waals surface area contributed by atoms with E-state index in [1.165, 1.54) is 6.07 Å². The lowest BCUT2D eigenvalue weighted by atomic mass is 10.0. The largest absolute Gasteiger partial charge is 0.462 e. The third-order valence-electron chi connectivity index (χ3n) is 3.77. The molecule has 0 radical (unpaired) electrons. The van der Waals surface area contributed by atoms with Crippen LogP contribution in [0.5, 0.6) is 0 Å². The highest BCUT2D eigenvalue weighted by molar-refractivity contribution is 5.89. The summed E-state index contributed by atoms with van der Waals surface area (Å²) in [5.74, 6) is -0.511. The first-order chi connectivity index (χ1) is 13.0. The van der Waals surface area contributed by atoms with Gasteiger partial charge in [-0.2, -0.15) is 0 Å². The highest BCUT2D eigenvalue weighted by Crippen LogP contribution is 2.18. The molecule has 0 saturated carbocycles. The molecule has 1 amide bonds. The third-order valence-corrected chi connectivity index (χ3v) is 3.77. The smallest absolute Gasteiger partial charge is 0.407 e. The fourth-order valence-electron chi connectivity index (χ4n) is 2.36. The molecule has 0 spiro atoms. The Morgan fingerprint density at radius 2 is 1.78 bits per heavy atom. The van der Waals surface area contributed by atoms with E-state index in [1.807, 2.05) is 30.3 Å². The van der Waals surface area contributed by atoms with Crippen molar-refractivity contribution in [2.24, 2.45) is 0 Å². The zero-order valence-corrected chi connectivity index (χ0v) is 15.0. The van der Waals surface area contributed by atoms with Gasteiger partial charge in [0.2, 0.25) is 0 Å². The van der Waals surface area contributed by atoms with Crippen LogP contribution in [-0.2, 0) is 16.1 Å². The quantitative estimate of drug-likeness (QED) is 0.613. The van der Waals surface area contributed by atoms with Crippen LogP contribution in [0.3, 0.4) is 0 Å². The molecule has 2 aromatic rings. The van der Waals surface area contributed by atoms with Gasteiger partial charge >= 0.3 is 12.1 Å². The van der Waals surface area contributed by atoms with Crippen molar-refractivity contribution in [3.63, 3.8) is 0 Å². The number of alkyl carbamates (subject to hydrolysis) is 1. The number of hydrogen-bond donors (Lipinski definition) is 3. The average Bonchev–Trinajstić information content (AvgIpc) is 2.71. The number of carbonyl (C=O) groups is 2. The van der Waals surface area contributed by atoms with Gasteiger partial charge in [0.25, 0.3) is 0 Å². The van der Waals surface area contributed by atoms with Gasteiger partial charge in [-0.05, 0) is 30.2 Å². The van der Waals surface area contributed by atoms with Crippen molar-refractivity contribution in [2.45, 2.75) is 25.7 Å². The summed E-state index contributed by atoms with van der Waals surface area (Å²) in [4.78, 5) is 23.5. The van der Waals surface area contributed by atoms with Crippen LogP contribution in [0, 0.1) is 0 Å². The Labute approximate surface area is 157 Å². The molecule has 2 atom stereocenters. The number of rotatable bonds is 8. The number of aliphatic hydroxyl groups excluding tert-OH is 2. The Morgan fingerprint density at radius 1 is 1.04 bits per heavy atom. The Hall–Kier alpha value is -2.90. The van der Waals surface area contributed by atoms with Crippen LogP contribution >= 0.6 is 0 Å². The third kappa shape index (κ3) is 6.40. The van der Waals surface area contributed by atoms with Crippen molar-refractivity contribution in [3.8, 4) is 0 Å². The summed E-state index contributed by atoms with van der Waals surface area (Å²) in [6.45, 7) is 1.83. The van der Waals surface area contributed by atoms with E-state index >= 15 is 0 Å². The molecule has 7 nitrogen and oxygen atoms in total. The SMILES string of the molecule is CCOC(=O)c1cccc(C(O)C(O)CNC(=O)OCc2ccccc2)c1. The van der Waals surface area contributed by atoms with Crippen LogP contribution in [-0.4, -0.2) is 41.5 Å². The van der Waals surface area contributed by atoms with Gasteiger partial charge in [0.05, 0.1) is 12.2 Å². The minimum Gasteiger partial charge on any atom is -0.462 e. The van der Waals surface area contributed by atoms with Crippen LogP contribution in [0.2, 0.25) is 0 Å². The Morgan fingerprint density at radius 3 is 2.48 bits per heavy atom. The summed E-state index contributed by atoms with van der Waals surface area (Å²) in [5, 5.41) is 22.8. The zero-order valence-electron chi connectivity index (χ0n) is 15.0. The first-order valence-corrected chi connectivity index (χ1v) is 8.59. The van der Waals surface area contributed by atoms with Gasteiger partial charge in [-0.15, -0.1) is 0 Å². The molecule has 7 heteroatoms. The van der Waals surface area contributed by atoms with E-state index in [9.17, 15) is 19.8 Å². The normalized spacial score (nSPS) is 12.7. The molecule has 0 aromatic heterocycles. The maximum Gasteiger partial charge on any atom is 0.407 e. The summed E-state index contributed by atoms with van der Waals surface area (Å²) in [7, 11) is 0. The molecule has 0 aliphatic rings. The van der Waals surface area contributed by atoms with E-state index in [2.05, 4.69) is 5.32 Å². The molecule has 0 aliphatic heterocycles. The van der Waals surface area contributed by atoms with Crippen LogP contribution in [0.4, 0.5) is 4.79 Å². The monoisotopic (exact) mass is 373 g/mol. The highest BCUT2D eigenvalue weighted by atomic mass is 16.5. The molecule has 144 valence electrons. The summed E-state index contributed by atoms with van der Waals surface area (Å²) < 4.78 is 9.95. The molecular formula is C20H23NO6. The number of nitrogens with one attached hydrogen (secondary N) is 1. The molecule has 0 bridgehead atoms. The number of benzene rings is 2.